The lowest BCUT2D eigenvalue weighted by atomic mass is 10.2. The van der Waals surface area contributed by atoms with E-state index in [4.69, 9.17) is 11.6 Å². The summed E-state index contributed by atoms with van der Waals surface area (Å²) in [5, 5.41) is 8.83. The zero-order valence-electron chi connectivity index (χ0n) is 13.9. The molecule has 1 aliphatic heterocycles. The van der Waals surface area contributed by atoms with Crippen LogP contribution in [0.5, 0.6) is 0 Å². The number of amides is 1. The Hall–Kier alpha value is -1.90. The van der Waals surface area contributed by atoms with Crippen molar-refractivity contribution >= 4 is 48.9 Å². The number of carbonyl (C=O) groups is 1. The molecule has 6 nitrogen and oxygen atoms in total. The first kappa shape index (κ1) is 17.5. The fraction of sp³-hybridized carbons (Fsp3) is 0.294. The molecule has 3 heterocycles. The molecule has 26 heavy (non-hydrogen) atoms. The molecular weight excluding hydrogens is 394 g/mol. The first-order valence-electron chi connectivity index (χ1n) is 8.09. The second-order valence-electron chi connectivity index (χ2n) is 6.35. The molecule has 1 saturated heterocycles. The molecule has 0 saturated carbocycles. The SMILES string of the molecule is Cc1nn(-c2ccccc2Cl)c2sc(C(=O)N[C@H]3CCS(=O)(=O)C3)cc12. The van der Waals surface area contributed by atoms with E-state index in [2.05, 4.69) is 10.4 Å². The third-order valence-corrected chi connectivity index (χ3v) is 7.61. The van der Waals surface area contributed by atoms with Gasteiger partial charge in [-0.2, -0.15) is 5.10 Å². The van der Waals surface area contributed by atoms with E-state index in [0.29, 0.717) is 16.3 Å². The summed E-state index contributed by atoms with van der Waals surface area (Å²) in [7, 11) is -3.03. The molecule has 9 heteroatoms. The third kappa shape index (κ3) is 3.13. The monoisotopic (exact) mass is 409 g/mol. The van der Waals surface area contributed by atoms with Gasteiger partial charge in [-0.25, -0.2) is 13.1 Å². The van der Waals surface area contributed by atoms with Crippen molar-refractivity contribution in [2.24, 2.45) is 0 Å². The number of sulfone groups is 1. The van der Waals surface area contributed by atoms with Gasteiger partial charge in [0.2, 0.25) is 0 Å². The number of aryl methyl sites for hydroxylation is 1. The molecule has 2 aromatic heterocycles. The van der Waals surface area contributed by atoms with Crippen LogP contribution in [-0.4, -0.2) is 41.7 Å². The highest BCUT2D eigenvalue weighted by atomic mass is 35.5. The normalized spacial score (nSPS) is 19.1. The molecule has 1 aliphatic rings. The van der Waals surface area contributed by atoms with Crippen LogP contribution in [0.25, 0.3) is 15.9 Å². The van der Waals surface area contributed by atoms with Crippen LogP contribution >= 0.6 is 22.9 Å². The molecule has 1 fully saturated rings. The average Bonchev–Trinajstić information content (AvgIpc) is 3.23. The highest BCUT2D eigenvalue weighted by Crippen LogP contribution is 2.32. The summed E-state index contributed by atoms with van der Waals surface area (Å²) in [4.78, 5) is 13.9. The number of benzene rings is 1. The molecule has 3 aromatic rings. The molecule has 0 spiro atoms. The minimum Gasteiger partial charge on any atom is -0.348 e. The van der Waals surface area contributed by atoms with Crippen LogP contribution in [0.3, 0.4) is 0 Å². The molecule has 0 unspecified atom stereocenters. The molecule has 0 bridgehead atoms. The maximum absolute atomic E-state index is 12.6. The van der Waals surface area contributed by atoms with E-state index in [9.17, 15) is 13.2 Å². The molecule has 0 radical (unpaired) electrons. The van der Waals surface area contributed by atoms with Crippen molar-refractivity contribution in [3.05, 3.63) is 45.9 Å². The molecule has 1 N–H and O–H groups in total. The number of nitrogens with zero attached hydrogens (tertiary/aromatic N) is 2. The van der Waals surface area contributed by atoms with Gasteiger partial charge >= 0.3 is 0 Å². The molecule has 1 aromatic carbocycles. The highest BCUT2D eigenvalue weighted by Gasteiger charge is 2.29. The van der Waals surface area contributed by atoms with E-state index in [0.717, 1.165) is 21.6 Å². The van der Waals surface area contributed by atoms with Crippen LogP contribution in [-0.2, 0) is 9.84 Å². The van der Waals surface area contributed by atoms with Gasteiger partial charge in [0.1, 0.15) is 4.83 Å². The first-order valence-corrected chi connectivity index (χ1v) is 11.1. The van der Waals surface area contributed by atoms with Crippen molar-refractivity contribution < 1.29 is 13.2 Å². The van der Waals surface area contributed by atoms with E-state index in [1.807, 2.05) is 25.1 Å². The molecule has 1 atom stereocenters. The van der Waals surface area contributed by atoms with E-state index in [1.54, 1.807) is 16.8 Å². The number of halogens is 1. The minimum atomic E-state index is -3.03. The summed E-state index contributed by atoms with van der Waals surface area (Å²) >= 11 is 7.61. The summed E-state index contributed by atoms with van der Waals surface area (Å²) in [5.74, 6) is -0.112. The van der Waals surface area contributed by atoms with Gasteiger partial charge in [0.25, 0.3) is 5.91 Å². The maximum atomic E-state index is 12.6. The number of thiophene rings is 1. The van der Waals surface area contributed by atoms with Crippen LogP contribution in [0.4, 0.5) is 0 Å². The van der Waals surface area contributed by atoms with Gasteiger partial charge in [-0.15, -0.1) is 11.3 Å². The van der Waals surface area contributed by atoms with Gasteiger partial charge in [-0.05, 0) is 31.5 Å². The van der Waals surface area contributed by atoms with Crippen molar-refractivity contribution in [1.82, 2.24) is 15.1 Å². The Balaban J connectivity index is 1.67. The quantitative estimate of drug-likeness (QED) is 0.721. The molecule has 4 rings (SSSR count). The lowest BCUT2D eigenvalue weighted by Gasteiger charge is -2.09. The predicted molar refractivity (Wildman–Crippen MR) is 103 cm³/mol. The van der Waals surface area contributed by atoms with Crippen molar-refractivity contribution in [1.29, 1.82) is 0 Å². The number of nitrogens with one attached hydrogen (secondary N) is 1. The summed E-state index contributed by atoms with van der Waals surface area (Å²) in [6.07, 6.45) is 0.464. The fourth-order valence-electron chi connectivity index (χ4n) is 3.11. The largest absolute Gasteiger partial charge is 0.348 e. The molecule has 136 valence electrons. The van der Waals surface area contributed by atoms with Gasteiger partial charge in [-0.1, -0.05) is 23.7 Å². The van der Waals surface area contributed by atoms with Gasteiger partial charge in [0.05, 0.1) is 32.8 Å². The van der Waals surface area contributed by atoms with Crippen molar-refractivity contribution in [2.45, 2.75) is 19.4 Å². The number of rotatable bonds is 3. The second kappa shape index (κ2) is 6.37. The van der Waals surface area contributed by atoms with E-state index >= 15 is 0 Å². The van der Waals surface area contributed by atoms with Crippen LogP contribution in [0.1, 0.15) is 21.8 Å². The average molecular weight is 410 g/mol. The first-order chi connectivity index (χ1) is 12.3. The van der Waals surface area contributed by atoms with Gasteiger partial charge < -0.3 is 5.32 Å². The van der Waals surface area contributed by atoms with E-state index in [-0.39, 0.29) is 23.5 Å². The summed E-state index contributed by atoms with van der Waals surface area (Å²) in [5.41, 5.74) is 1.56. The standard InChI is InChI=1S/C17H16ClN3O3S2/c1-10-12-8-15(16(22)19-11-6-7-26(23,24)9-11)25-17(12)21(20-10)14-5-3-2-4-13(14)18/h2-5,8,11H,6-7,9H2,1H3,(H,19,22)/t11-/m0/s1. The Labute approximate surface area is 159 Å². The number of aromatic nitrogens is 2. The Morgan fingerprint density at radius 3 is 2.85 bits per heavy atom. The van der Waals surface area contributed by atoms with Crippen molar-refractivity contribution in [3.8, 4) is 5.69 Å². The summed E-state index contributed by atoms with van der Waals surface area (Å²) in [6, 6.07) is 8.88. The number of hydrogen-bond acceptors (Lipinski definition) is 5. The van der Waals surface area contributed by atoms with Crippen LogP contribution in [0.15, 0.2) is 30.3 Å². The van der Waals surface area contributed by atoms with Gasteiger partial charge in [0.15, 0.2) is 9.84 Å². The van der Waals surface area contributed by atoms with E-state index < -0.39 is 9.84 Å². The van der Waals surface area contributed by atoms with E-state index in [1.165, 1.54) is 11.3 Å². The summed E-state index contributed by atoms with van der Waals surface area (Å²) in [6.45, 7) is 1.88. The fourth-order valence-corrected chi connectivity index (χ4v) is 6.08. The molecule has 1 amide bonds. The lowest BCUT2D eigenvalue weighted by Crippen LogP contribution is -2.35. The number of hydrogen-bond donors (Lipinski definition) is 1. The second-order valence-corrected chi connectivity index (χ2v) is 10.0. The van der Waals surface area contributed by atoms with Crippen LogP contribution in [0.2, 0.25) is 5.02 Å². The van der Waals surface area contributed by atoms with Crippen molar-refractivity contribution in [3.63, 3.8) is 0 Å². The van der Waals surface area contributed by atoms with Gasteiger partial charge in [0, 0.05) is 11.4 Å². The minimum absolute atomic E-state index is 0.00998. The Bertz CT molecular complexity index is 1120. The molecular formula is C17H16ClN3O3S2. The maximum Gasteiger partial charge on any atom is 0.261 e. The molecule has 0 aliphatic carbocycles. The number of para-hydroxylation sites is 1. The third-order valence-electron chi connectivity index (χ3n) is 4.42. The smallest absolute Gasteiger partial charge is 0.261 e. The Kier molecular flexibility index (Phi) is 4.29. The summed E-state index contributed by atoms with van der Waals surface area (Å²) < 4.78 is 24.9. The Morgan fingerprint density at radius 2 is 2.15 bits per heavy atom. The van der Waals surface area contributed by atoms with Crippen LogP contribution in [0, 0.1) is 6.92 Å². The zero-order valence-corrected chi connectivity index (χ0v) is 16.3. The lowest BCUT2D eigenvalue weighted by molar-refractivity contribution is 0.0945. The predicted octanol–water partition coefficient (Wildman–Crippen LogP) is 2.97. The number of carbonyl (C=O) groups excluding carboxylic acids is 1. The highest BCUT2D eigenvalue weighted by molar-refractivity contribution is 7.91. The Morgan fingerprint density at radius 1 is 1.38 bits per heavy atom. The zero-order chi connectivity index (χ0) is 18.5. The number of fused-ring (bicyclic) bond motifs is 1. The van der Waals surface area contributed by atoms with Gasteiger partial charge in [-0.3, -0.25) is 4.79 Å². The van der Waals surface area contributed by atoms with Crippen LogP contribution < -0.4 is 5.32 Å². The van der Waals surface area contributed by atoms with Crippen molar-refractivity contribution in [2.75, 3.05) is 11.5 Å². The topological polar surface area (TPSA) is 81.1 Å².